The van der Waals surface area contributed by atoms with Crippen molar-refractivity contribution in [3.63, 3.8) is 0 Å². The predicted octanol–water partition coefficient (Wildman–Crippen LogP) is 3.24. The van der Waals surface area contributed by atoms with E-state index < -0.39 is 0 Å². The third kappa shape index (κ3) is 29.7. The van der Waals surface area contributed by atoms with Crippen molar-refractivity contribution >= 4 is 0 Å². The lowest BCUT2D eigenvalue weighted by molar-refractivity contribution is -0.0215. The van der Waals surface area contributed by atoms with Gasteiger partial charge in [-0.1, -0.05) is 51.9 Å². The van der Waals surface area contributed by atoms with E-state index in [0.29, 0.717) is 85.9 Å². The molecule has 0 saturated carbocycles. The molecule has 0 unspecified atom stereocenters. The van der Waals surface area contributed by atoms with Gasteiger partial charge in [-0.25, -0.2) is 0 Å². The van der Waals surface area contributed by atoms with E-state index in [4.69, 9.17) is 38.3 Å². The molecular formula is C24H50O8. The summed E-state index contributed by atoms with van der Waals surface area (Å²) in [5, 5.41) is 8.55. The maximum absolute atomic E-state index is 8.55. The minimum Gasteiger partial charge on any atom is -0.394 e. The molecule has 1 N–H and O–H groups in total. The molecule has 0 radical (unpaired) electrons. The normalized spacial score (nSPS) is 11.4. The van der Waals surface area contributed by atoms with Gasteiger partial charge in [0.25, 0.3) is 0 Å². The van der Waals surface area contributed by atoms with E-state index in [1.807, 2.05) is 0 Å². The summed E-state index contributed by atoms with van der Waals surface area (Å²) in [6.45, 7) is 10.1. The minimum absolute atomic E-state index is 0.0385. The average Bonchev–Trinajstić information content (AvgIpc) is 2.81. The Morgan fingerprint density at radius 3 is 0.969 bits per heavy atom. The van der Waals surface area contributed by atoms with E-state index in [-0.39, 0.29) is 6.61 Å². The van der Waals surface area contributed by atoms with Crippen LogP contribution in [0.5, 0.6) is 0 Å². The molecule has 0 bridgehead atoms. The molecule has 0 aromatic rings. The Morgan fingerprint density at radius 1 is 0.344 bits per heavy atom. The summed E-state index contributed by atoms with van der Waals surface area (Å²) in [6, 6.07) is 0. The van der Waals surface area contributed by atoms with E-state index in [2.05, 4.69) is 6.92 Å². The van der Waals surface area contributed by atoms with Crippen LogP contribution < -0.4 is 0 Å². The van der Waals surface area contributed by atoms with Crippen LogP contribution in [0.15, 0.2) is 0 Å². The minimum atomic E-state index is 0.0385. The number of aliphatic hydroxyl groups excluding tert-OH is 1. The van der Waals surface area contributed by atoms with Crippen molar-refractivity contribution in [2.75, 3.05) is 99.1 Å². The van der Waals surface area contributed by atoms with Crippen LogP contribution in [0.2, 0.25) is 0 Å². The topological polar surface area (TPSA) is 84.8 Å². The Balaban J connectivity index is 2.98. The van der Waals surface area contributed by atoms with Crippen LogP contribution >= 0.6 is 0 Å². The van der Waals surface area contributed by atoms with Crippen molar-refractivity contribution in [3.8, 4) is 0 Å². The Morgan fingerprint density at radius 2 is 0.625 bits per heavy atom. The second kappa shape index (κ2) is 30.7. The number of unbranched alkanes of at least 4 members (excludes halogenated alkanes) is 7. The van der Waals surface area contributed by atoms with Crippen molar-refractivity contribution in [1.29, 1.82) is 0 Å². The highest BCUT2D eigenvalue weighted by atomic mass is 16.6. The zero-order valence-electron chi connectivity index (χ0n) is 20.6. The van der Waals surface area contributed by atoms with Crippen LogP contribution in [0.3, 0.4) is 0 Å². The van der Waals surface area contributed by atoms with E-state index in [1.54, 1.807) is 0 Å². The van der Waals surface area contributed by atoms with Crippen LogP contribution in [0, 0.1) is 0 Å². The van der Waals surface area contributed by atoms with Gasteiger partial charge < -0.3 is 38.3 Å². The largest absolute Gasteiger partial charge is 0.394 e. The number of rotatable bonds is 29. The first kappa shape index (κ1) is 31.7. The molecule has 0 saturated heterocycles. The molecule has 0 aromatic carbocycles. The van der Waals surface area contributed by atoms with Gasteiger partial charge in [0.2, 0.25) is 0 Å². The zero-order valence-corrected chi connectivity index (χ0v) is 20.6. The van der Waals surface area contributed by atoms with E-state index in [1.165, 1.54) is 44.9 Å². The molecule has 0 aromatic heterocycles. The molecule has 0 spiro atoms. The Hall–Kier alpha value is -0.320. The quantitative estimate of drug-likeness (QED) is 0.168. The van der Waals surface area contributed by atoms with Gasteiger partial charge in [-0.3, -0.25) is 0 Å². The van der Waals surface area contributed by atoms with Crippen molar-refractivity contribution in [1.82, 2.24) is 0 Å². The summed E-state index contributed by atoms with van der Waals surface area (Å²) in [5.74, 6) is 0. The van der Waals surface area contributed by atoms with Gasteiger partial charge in [-0.15, -0.1) is 0 Å². The summed E-state index contributed by atoms with van der Waals surface area (Å²) < 4.78 is 37.8. The predicted molar refractivity (Wildman–Crippen MR) is 125 cm³/mol. The third-order valence-corrected chi connectivity index (χ3v) is 4.61. The van der Waals surface area contributed by atoms with Crippen LogP contribution in [0.1, 0.15) is 58.3 Å². The average molecular weight is 467 g/mol. The molecule has 0 aliphatic heterocycles. The van der Waals surface area contributed by atoms with Crippen LogP contribution in [-0.2, 0) is 33.2 Å². The van der Waals surface area contributed by atoms with E-state index >= 15 is 0 Å². The number of aliphatic hydroxyl groups is 1. The van der Waals surface area contributed by atoms with Crippen LogP contribution in [0.4, 0.5) is 0 Å². The first-order valence-corrected chi connectivity index (χ1v) is 12.6. The Labute approximate surface area is 196 Å². The fourth-order valence-electron chi connectivity index (χ4n) is 2.82. The first-order valence-electron chi connectivity index (χ1n) is 12.6. The lowest BCUT2D eigenvalue weighted by atomic mass is 10.1. The summed E-state index contributed by atoms with van der Waals surface area (Å²) >= 11 is 0. The SMILES string of the molecule is CCCCCCCCCCOCCOCCOCCOCCOCCOCCOCCO. The summed E-state index contributed by atoms with van der Waals surface area (Å²) in [7, 11) is 0. The number of hydrogen-bond acceptors (Lipinski definition) is 8. The smallest absolute Gasteiger partial charge is 0.0701 e. The van der Waals surface area contributed by atoms with E-state index in [0.717, 1.165) is 13.0 Å². The highest BCUT2D eigenvalue weighted by Gasteiger charge is 1.95. The molecule has 0 aliphatic rings. The fourth-order valence-corrected chi connectivity index (χ4v) is 2.82. The molecule has 0 rings (SSSR count). The van der Waals surface area contributed by atoms with Crippen LogP contribution in [-0.4, -0.2) is 104 Å². The molecule has 0 aliphatic carbocycles. The molecule has 32 heavy (non-hydrogen) atoms. The molecule has 0 fully saturated rings. The van der Waals surface area contributed by atoms with Gasteiger partial charge in [-0.2, -0.15) is 0 Å². The second-order valence-electron chi connectivity index (χ2n) is 7.49. The maximum atomic E-state index is 8.55. The Bertz CT molecular complexity index is 290. The summed E-state index contributed by atoms with van der Waals surface area (Å²) in [5.41, 5.74) is 0. The molecule has 8 nitrogen and oxygen atoms in total. The summed E-state index contributed by atoms with van der Waals surface area (Å²) in [6.07, 6.45) is 10.6. The Kier molecular flexibility index (Phi) is 30.4. The lowest BCUT2D eigenvalue weighted by Gasteiger charge is -2.08. The van der Waals surface area contributed by atoms with Gasteiger partial charge in [0.15, 0.2) is 0 Å². The van der Waals surface area contributed by atoms with Gasteiger partial charge in [0.05, 0.1) is 92.5 Å². The van der Waals surface area contributed by atoms with E-state index in [9.17, 15) is 0 Å². The molecule has 194 valence electrons. The molecule has 0 amide bonds. The van der Waals surface area contributed by atoms with Gasteiger partial charge >= 0.3 is 0 Å². The molecular weight excluding hydrogens is 416 g/mol. The standard InChI is InChI=1S/C24H50O8/c1-2-3-4-5-6-7-8-9-11-26-13-15-28-17-19-30-21-23-32-24-22-31-20-18-29-16-14-27-12-10-25/h25H,2-24H2,1H3. The highest BCUT2D eigenvalue weighted by molar-refractivity contribution is 4.46. The fraction of sp³-hybridized carbons (Fsp3) is 1.00. The summed E-state index contributed by atoms with van der Waals surface area (Å²) in [4.78, 5) is 0. The van der Waals surface area contributed by atoms with Crippen molar-refractivity contribution < 1.29 is 38.3 Å². The lowest BCUT2D eigenvalue weighted by Crippen LogP contribution is -2.14. The van der Waals surface area contributed by atoms with Gasteiger partial charge in [0.1, 0.15) is 0 Å². The second-order valence-corrected chi connectivity index (χ2v) is 7.49. The molecule has 0 heterocycles. The number of ether oxygens (including phenoxy) is 7. The maximum Gasteiger partial charge on any atom is 0.0701 e. The van der Waals surface area contributed by atoms with Crippen molar-refractivity contribution in [3.05, 3.63) is 0 Å². The van der Waals surface area contributed by atoms with Gasteiger partial charge in [-0.05, 0) is 6.42 Å². The van der Waals surface area contributed by atoms with Crippen molar-refractivity contribution in [2.24, 2.45) is 0 Å². The van der Waals surface area contributed by atoms with Crippen molar-refractivity contribution in [2.45, 2.75) is 58.3 Å². The highest BCUT2D eigenvalue weighted by Crippen LogP contribution is 2.08. The zero-order chi connectivity index (χ0) is 23.2. The molecule has 0 atom stereocenters. The van der Waals surface area contributed by atoms with Crippen LogP contribution in [0.25, 0.3) is 0 Å². The molecule has 8 heteroatoms. The first-order chi connectivity index (χ1) is 15.9. The monoisotopic (exact) mass is 466 g/mol. The van der Waals surface area contributed by atoms with Gasteiger partial charge in [0, 0.05) is 6.61 Å². The number of hydrogen-bond donors (Lipinski definition) is 1. The third-order valence-electron chi connectivity index (χ3n) is 4.61.